The molecule has 2 fully saturated rings. The van der Waals surface area contributed by atoms with Gasteiger partial charge >= 0.3 is 0 Å². The molecular weight excluding hydrogens is 250 g/mol. The molecule has 20 heavy (non-hydrogen) atoms. The third-order valence-corrected chi connectivity index (χ3v) is 4.78. The smallest absolute Gasteiger partial charge is 0.233 e. The fraction of sp³-hybridized carbons (Fsp3) is 0.938. The monoisotopic (exact) mass is 281 g/mol. The van der Waals surface area contributed by atoms with Gasteiger partial charge in [-0.25, -0.2) is 0 Å². The number of carbonyl (C=O) groups is 1. The summed E-state index contributed by atoms with van der Waals surface area (Å²) in [4.78, 5) is 11.7. The average Bonchev–Trinajstić information content (AvgIpc) is 2.52. The van der Waals surface area contributed by atoms with Crippen molar-refractivity contribution in [3.8, 4) is 0 Å². The Labute approximate surface area is 123 Å². The second kappa shape index (κ2) is 8.63. The van der Waals surface area contributed by atoms with Crippen molar-refractivity contribution in [1.82, 2.24) is 16.0 Å². The van der Waals surface area contributed by atoms with E-state index in [0.29, 0.717) is 24.5 Å². The van der Waals surface area contributed by atoms with Crippen LogP contribution in [0, 0.1) is 5.92 Å². The van der Waals surface area contributed by atoms with Gasteiger partial charge in [0.15, 0.2) is 0 Å². The molecule has 0 aromatic carbocycles. The maximum Gasteiger partial charge on any atom is 0.233 e. The number of rotatable bonds is 6. The van der Waals surface area contributed by atoms with Gasteiger partial charge in [-0.1, -0.05) is 26.2 Å². The molecule has 0 aromatic rings. The molecule has 1 saturated carbocycles. The first-order chi connectivity index (χ1) is 9.81. The van der Waals surface area contributed by atoms with Gasteiger partial charge in [0, 0.05) is 18.6 Å². The van der Waals surface area contributed by atoms with E-state index < -0.39 is 0 Å². The number of amides is 1. The number of hydrogen-bond donors (Lipinski definition) is 3. The molecule has 0 aromatic heterocycles. The van der Waals surface area contributed by atoms with Crippen LogP contribution in [0.25, 0.3) is 0 Å². The van der Waals surface area contributed by atoms with Crippen molar-refractivity contribution in [2.45, 2.75) is 70.4 Å². The van der Waals surface area contributed by atoms with Gasteiger partial charge in [0.2, 0.25) is 5.91 Å². The fourth-order valence-electron chi connectivity index (χ4n) is 3.69. The normalized spacial score (nSPS) is 30.9. The summed E-state index contributed by atoms with van der Waals surface area (Å²) in [5, 5.41) is 10.2. The van der Waals surface area contributed by atoms with E-state index in [1.807, 2.05) is 0 Å². The van der Waals surface area contributed by atoms with Crippen molar-refractivity contribution in [3.63, 3.8) is 0 Å². The molecule has 0 spiro atoms. The van der Waals surface area contributed by atoms with Gasteiger partial charge in [0.05, 0.1) is 6.54 Å². The van der Waals surface area contributed by atoms with E-state index in [4.69, 9.17) is 0 Å². The second-order valence-electron chi connectivity index (χ2n) is 6.34. The van der Waals surface area contributed by atoms with Crippen LogP contribution in [0.3, 0.4) is 0 Å². The number of nitrogens with one attached hydrogen (secondary N) is 3. The SMILES string of the molecule is CCCNC(=O)CNC1CCCCC1C1CCCCN1. The second-order valence-corrected chi connectivity index (χ2v) is 6.34. The van der Waals surface area contributed by atoms with Crippen molar-refractivity contribution in [3.05, 3.63) is 0 Å². The Morgan fingerprint density at radius 1 is 1.15 bits per heavy atom. The zero-order chi connectivity index (χ0) is 14.2. The van der Waals surface area contributed by atoms with Crippen LogP contribution < -0.4 is 16.0 Å². The first-order valence-corrected chi connectivity index (χ1v) is 8.54. The molecule has 0 bridgehead atoms. The Morgan fingerprint density at radius 3 is 2.70 bits per heavy atom. The van der Waals surface area contributed by atoms with Gasteiger partial charge < -0.3 is 16.0 Å². The van der Waals surface area contributed by atoms with E-state index in [2.05, 4.69) is 22.9 Å². The molecule has 1 amide bonds. The minimum absolute atomic E-state index is 0.146. The van der Waals surface area contributed by atoms with E-state index in [9.17, 15) is 4.79 Å². The van der Waals surface area contributed by atoms with E-state index in [0.717, 1.165) is 13.0 Å². The number of piperidine rings is 1. The summed E-state index contributed by atoms with van der Waals surface area (Å²) in [6.07, 6.45) is 10.2. The molecule has 4 heteroatoms. The standard InChI is InChI=1S/C16H31N3O/c1-2-10-18-16(20)12-19-15-8-4-3-7-13(15)14-9-5-6-11-17-14/h13-15,17,19H,2-12H2,1H3,(H,18,20). The van der Waals surface area contributed by atoms with Gasteiger partial charge in [0.1, 0.15) is 0 Å². The molecule has 4 nitrogen and oxygen atoms in total. The molecule has 1 heterocycles. The maximum atomic E-state index is 11.7. The topological polar surface area (TPSA) is 53.2 Å². The lowest BCUT2D eigenvalue weighted by molar-refractivity contribution is -0.120. The summed E-state index contributed by atoms with van der Waals surface area (Å²) in [5.41, 5.74) is 0. The molecule has 0 radical (unpaired) electrons. The largest absolute Gasteiger partial charge is 0.355 e. The quantitative estimate of drug-likeness (QED) is 0.696. The van der Waals surface area contributed by atoms with E-state index in [-0.39, 0.29) is 5.91 Å². The first-order valence-electron chi connectivity index (χ1n) is 8.54. The Morgan fingerprint density at radius 2 is 1.95 bits per heavy atom. The van der Waals surface area contributed by atoms with Gasteiger partial charge in [0.25, 0.3) is 0 Å². The molecule has 3 N–H and O–H groups in total. The molecule has 1 aliphatic carbocycles. The third kappa shape index (κ3) is 4.74. The third-order valence-electron chi connectivity index (χ3n) is 4.78. The molecule has 116 valence electrons. The summed E-state index contributed by atoms with van der Waals surface area (Å²) in [6, 6.07) is 1.19. The minimum Gasteiger partial charge on any atom is -0.355 e. The number of carbonyl (C=O) groups excluding carboxylic acids is 1. The Kier molecular flexibility index (Phi) is 6.80. The van der Waals surface area contributed by atoms with Gasteiger partial charge in [-0.05, 0) is 44.6 Å². The van der Waals surface area contributed by atoms with Gasteiger partial charge in [-0.3, -0.25) is 4.79 Å². The zero-order valence-electron chi connectivity index (χ0n) is 12.9. The lowest BCUT2D eigenvalue weighted by Crippen LogP contribution is -2.52. The Balaban J connectivity index is 1.78. The van der Waals surface area contributed by atoms with Crippen molar-refractivity contribution in [1.29, 1.82) is 0 Å². The molecule has 1 aliphatic heterocycles. The predicted molar refractivity (Wildman–Crippen MR) is 82.7 cm³/mol. The minimum atomic E-state index is 0.146. The van der Waals surface area contributed by atoms with Crippen LogP contribution in [0.5, 0.6) is 0 Å². The van der Waals surface area contributed by atoms with E-state index >= 15 is 0 Å². The lowest BCUT2D eigenvalue weighted by Gasteiger charge is -2.39. The van der Waals surface area contributed by atoms with Crippen LogP contribution in [-0.2, 0) is 4.79 Å². The molecule has 3 atom stereocenters. The summed E-state index contributed by atoms with van der Waals surface area (Å²) in [7, 11) is 0. The molecule has 2 aliphatic rings. The lowest BCUT2D eigenvalue weighted by atomic mass is 9.77. The highest BCUT2D eigenvalue weighted by molar-refractivity contribution is 5.77. The number of hydrogen-bond acceptors (Lipinski definition) is 3. The highest BCUT2D eigenvalue weighted by Gasteiger charge is 2.32. The van der Waals surface area contributed by atoms with Crippen LogP contribution in [0.15, 0.2) is 0 Å². The predicted octanol–water partition coefficient (Wildman–Crippen LogP) is 1.80. The fourth-order valence-corrected chi connectivity index (χ4v) is 3.69. The molecule has 3 unspecified atom stereocenters. The van der Waals surface area contributed by atoms with Crippen LogP contribution in [0.4, 0.5) is 0 Å². The van der Waals surface area contributed by atoms with Crippen molar-refractivity contribution >= 4 is 5.91 Å². The van der Waals surface area contributed by atoms with Gasteiger partial charge in [-0.2, -0.15) is 0 Å². The maximum absolute atomic E-state index is 11.7. The molecule has 1 saturated heterocycles. The molecule has 2 rings (SSSR count). The summed E-state index contributed by atoms with van der Waals surface area (Å²) in [5.74, 6) is 0.857. The summed E-state index contributed by atoms with van der Waals surface area (Å²) < 4.78 is 0. The van der Waals surface area contributed by atoms with E-state index in [1.54, 1.807) is 0 Å². The highest BCUT2D eigenvalue weighted by atomic mass is 16.1. The van der Waals surface area contributed by atoms with Crippen LogP contribution >= 0.6 is 0 Å². The summed E-state index contributed by atoms with van der Waals surface area (Å²) >= 11 is 0. The molecular formula is C16H31N3O. The van der Waals surface area contributed by atoms with Gasteiger partial charge in [-0.15, -0.1) is 0 Å². The Bertz CT molecular complexity index is 289. The highest BCUT2D eigenvalue weighted by Crippen LogP contribution is 2.30. The van der Waals surface area contributed by atoms with Crippen LogP contribution in [0.1, 0.15) is 58.3 Å². The van der Waals surface area contributed by atoms with Crippen LogP contribution in [-0.4, -0.2) is 37.6 Å². The first kappa shape index (κ1) is 15.8. The average molecular weight is 281 g/mol. The van der Waals surface area contributed by atoms with Crippen molar-refractivity contribution in [2.75, 3.05) is 19.6 Å². The Hall–Kier alpha value is -0.610. The zero-order valence-corrected chi connectivity index (χ0v) is 12.9. The van der Waals surface area contributed by atoms with Crippen LogP contribution in [0.2, 0.25) is 0 Å². The van der Waals surface area contributed by atoms with E-state index in [1.165, 1.54) is 51.5 Å². The van der Waals surface area contributed by atoms with Crippen molar-refractivity contribution in [2.24, 2.45) is 5.92 Å². The van der Waals surface area contributed by atoms with Crippen molar-refractivity contribution < 1.29 is 4.79 Å². The summed E-state index contributed by atoms with van der Waals surface area (Å²) in [6.45, 7) is 4.52.